The molecule has 96 valence electrons. The van der Waals surface area contributed by atoms with Gasteiger partial charge in [-0.15, -0.1) is 0 Å². The summed E-state index contributed by atoms with van der Waals surface area (Å²) in [6, 6.07) is 0.552. The Labute approximate surface area is 103 Å². The topological polar surface area (TPSA) is 39.1 Å². The van der Waals surface area contributed by atoms with E-state index in [-0.39, 0.29) is 0 Å². The molecule has 0 radical (unpaired) electrons. The summed E-state index contributed by atoms with van der Waals surface area (Å²) in [6.45, 7) is 5.07. The van der Waals surface area contributed by atoms with Gasteiger partial charge in [-0.25, -0.2) is 0 Å². The van der Waals surface area contributed by atoms with Crippen molar-refractivity contribution in [3.05, 3.63) is 18.0 Å². The van der Waals surface area contributed by atoms with Crippen LogP contribution in [0.3, 0.4) is 0 Å². The monoisotopic (exact) mass is 237 g/mol. The van der Waals surface area contributed by atoms with Crippen molar-refractivity contribution in [1.82, 2.24) is 15.1 Å². The van der Waals surface area contributed by atoms with E-state index in [1.807, 2.05) is 17.9 Å². The van der Waals surface area contributed by atoms with Gasteiger partial charge in [0.15, 0.2) is 0 Å². The van der Waals surface area contributed by atoms with Crippen molar-refractivity contribution in [2.24, 2.45) is 13.0 Å². The Kier molecular flexibility index (Phi) is 4.57. The smallest absolute Gasteiger partial charge is 0.0522 e. The Bertz CT molecular complexity index is 331. The third-order valence-corrected chi connectivity index (χ3v) is 3.38. The van der Waals surface area contributed by atoms with Gasteiger partial charge in [0.25, 0.3) is 0 Å². The van der Waals surface area contributed by atoms with Gasteiger partial charge in [0.05, 0.1) is 6.20 Å². The summed E-state index contributed by atoms with van der Waals surface area (Å²) in [5, 5.41) is 7.80. The van der Waals surface area contributed by atoms with Crippen molar-refractivity contribution in [3.63, 3.8) is 0 Å². The number of nitrogens with zero attached hydrogens (tertiary/aromatic N) is 2. The molecule has 1 aliphatic rings. The lowest BCUT2D eigenvalue weighted by Crippen LogP contribution is -2.33. The third kappa shape index (κ3) is 3.82. The predicted molar refractivity (Wildman–Crippen MR) is 67.9 cm³/mol. The molecule has 4 nitrogen and oxygen atoms in total. The van der Waals surface area contributed by atoms with Gasteiger partial charge < -0.3 is 10.1 Å². The van der Waals surface area contributed by atoms with Crippen molar-refractivity contribution in [1.29, 1.82) is 0 Å². The molecule has 0 spiro atoms. The second-order valence-corrected chi connectivity index (χ2v) is 4.95. The van der Waals surface area contributed by atoms with E-state index < -0.39 is 0 Å². The SMILES string of the molecule is CCNC(Cc1cnn(C)c1)CC1CCOC1. The number of aryl methyl sites for hydroxylation is 1. The molecule has 0 aliphatic carbocycles. The highest BCUT2D eigenvalue weighted by atomic mass is 16.5. The molecule has 1 fully saturated rings. The lowest BCUT2D eigenvalue weighted by Gasteiger charge is -2.20. The highest BCUT2D eigenvalue weighted by molar-refractivity contribution is 5.06. The normalized spacial score (nSPS) is 21.9. The van der Waals surface area contributed by atoms with Crippen molar-refractivity contribution in [2.75, 3.05) is 19.8 Å². The first-order valence-electron chi connectivity index (χ1n) is 6.56. The molecule has 1 aliphatic heterocycles. The summed E-state index contributed by atoms with van der Waals surface area (Å²) in [6.07, 6.45) is 7.57. The Morgan fingerprint density at radius 1 is 1.65 bits per heavy atom. The van der Waals surface area contributed by atoms with Crippen molar-refractivity contribution in [2.45, 2.75) is 32.2 Å². The lowest BCUT2D eigenvalue weighted by atomic mass is 9.95. The lowest BCUT2D eigenvalue weighted by molar-refractivity contribution is 0.181. The molecule has 0 saturated carbocycles. The summed E-state index contributed by atoms with van der Waals surface area (Å²) in [5.74, 6) is 0.732. The number of rotatable bonds is 6. The Hall–Kier alpha value is -0.870. The quantitative estimate of drug-likeness (QED) is 0.812. The average molecular weight is 237 g/mol. The fourth-order valence-electron chi connectivity index (χ4n) is 2.56. The van der Waals surface area contributed by atoms with Crippen LogP contribution in [-0.2, 0) is 18.2 Å². The highest BCUT2D eigenvalue weighted by Crippen LogP contribution is 2.19. The minimum atomic E-state index is 0.552. The first-order chi connectivity index (χ1) is 8.28. The van der Waals surface area contributed by atoms with Crippen molar-refractivity contribution in [3.8, 4) is 0 Å². The van der Waals surface area contributed by atoms with E-state index in [1.54, 1.807) is 0 Å². The van der Waals surface area contributed by atoms with E-state index in [2.05, 4.69) is 23.5 Å². The molecule has 0 aromatic carbocycles. The minimum Gasteiger partial charge on any atom is -0.381 e. The van der Waals surface area contributed by atoms with Gasteiger partial charge >= 0.3 is 0 Å². The van der Waals surface area contributed by atoms with Crippen LogP contribution in [0.25, 0.3) is 0 Å². The van der Waals surface area contributed by atoms with Gasteiger partial charge in [0.1, 0.15) is 0 Å². The van der Waals surface area contributed by atoms with Gasteiger partial charge in [-0.1, -0.05) is 6.92 Å². The van der Waals surface area contributed by atoms with Gasteiger partial charge in [-0.05, 0) is 37.3 Å². The maximum atomic E-state index is 5.45. The van der Waals surface area contributed by atoms with Gasteiger partial charge in [-0.3, -0.25) is 4.68 Å². The maximum Gasteiger partial charge on any atom is 0.0522 e. The van der Waals surface area contributed by atoms with Crippen LogP contribution in [0.4, 0.5) is 0 Å². The molecular weight excluding hydrogens is 214 g/mol. The largest absolute Gasteiger partial charge is 0.381 e. The number of hydrogen-bond acceptors (Lipinski definition) is 3. The number of ether oxygens (including phenoxy) is 1. The second kappa shape index (κ2) is 6.17. The fraction of sp³-hybridized carbons (Fsp3) is 0.769. The number of aromatic nitrogens is 2. The van der Waals surface area contributed by atoms with E-state index in [0.29, 0.717) is 6.04 Å². The molecule has 1 N–H and O–H groups in total. The molecule has 2 unspecified atom stereocenters. The molecule has 4 heteroatoms. The third-order valence-electron chi connectivity index (χ3n) is 3.38. The first kappa shape index (κ1) is 12.6. The summed E-state index contributed by atoms with van der Waals surface area (Å²) >= 11 is 0. The molecule has 0 amide bonds. The summed E-state index contributed by atoms with van der Waals surface area (Å²) in [5.41, 5.74) is 1.32. The zero-order valence-corrected chi connectivity index (χ0v) is 10.9. The summed E-state index contributed by atoms with van der Waals surface area (Å²) in [7, 11) is 1.97. The summed E-state index contributed by atoms with van der Waals surface area (Å²) in [4.78, 5) is 0. The van der Waals surface area contributed by atoms with Crippen LogP contribution in [0.1, 0.15) is 25.3 Å². The maximum absolute atomic E-state index is 5.45. The van der Waals surface area contributed by atoms with Crippen LogP contribution in [0, 0.1) is 5.92 Å². The Morgan fingerprint density at radius 2 is 2.53 bits per heavy atom. The molecule has 1 aromatic heterocycles. The van der Waals surface area contributed by atoms with Gasteiger partial charge in [0.2, 0.25) is 0 Å². The van der Waals surface area contributed by atoms with Crippen LogP contribution in [-0.4, -0.2) is 35.6 Å². The zero-order chi connectivity index (χ0) is 12.1. The van der Waals surface area contributed by atoms with E-state index in [4.69, 9.17) is 4.74 Å². The average Bonchev–Trinajstić information content (AvgIpc) is 2.91. The van der Waals surface area contributed by atoms with Gasteiger partial charge in [0, 0.05) is 32.5 Å². The molecular formula is C13H23N3O. The van der Waals surface area contributed by atoms with Gasteiger partial charge in [-0.2, -0.15) is 5.10 Å². The van der Waals surface area contributed by atoms with Crippen LogP contribution < -0.4 is 5.32 Å². The molecule has 0 bridgehead atoms. The zero-order valence-electron chi connectivity index (χ0n) is 10.9. The van der Waals surface area contributed by atoms with Crippen LogP contribution in [0.2, 0.25) is 0 Å². The molecule has 2 heterocycles. The Balaban J connectivity index is 1.87. The van der Waals surface area contributed by atoms with Crippen molar-refractivity contribution >= 4 is 0 Å². The standard InChI is InChI=1S/C13H23N3O/c1-3-14-13(6-11-4-5-17-10-11)7-12-8-15-16(2)9-12/h8-9,11,13-14H,3-7,10H2,1-2H3. The van der Waals surface area contributed by atoms with E-state index in [0.717, 1.165) is 32.1 Å². The van der Waals surface area contributed by atoms with Crippen LogP contribution >= 0.6 is 0 Å². The molecule has 2 rings (SSSR count). The molecule has 1 saturated heterocycles. The number of nitrogens with one attached hydrogen (secondary N) is 1. The van der Waals surface area contributed by atoms with E-state index >= 15 is 0 Å². The molecule has 1 aromatic rings. The highest BCUT2D eigenvalue weighted by Gasteiger charge is 2.20. The van der Waals surface area contributed by atoms with E-state index in [9.17, 15) is 0 Å². The second-order valence-electron chi connectivity index (χ2n) is 4.95. The Morgan fingerprint density at radius 3 is 3.12 bits per heavy atom. The molecule has 2 atom stereocenters. The van der Waals surface area contributed by atoms with E-state index in [1.165, 1.54) is 18.4 Å². The van der Waals surface area contributed by atoms with Crippen LogP contribution in [0.15, 0.2) is 12.4 Å². The predicted octanol–water partition coefficient (Wildman–Crippen LogP) is 1.37. The van der Waals surface area contributed by atoms with Crippen LogP contribution in [0.5, 0.6) is 0 Å². The number of hydrogen-bond donors (Lipinski definition) is 1. The first-order valence-corrected chi connectivity index (χ1v) is 6.56. The summed E-state index contributed by atoms with van der Waals surface area (Å²) < 4.78 is 7.32. The number of likely N-dealkylation sites (N-methyl/N-ethyl adjacent to an activating group) is 1. The fourth-order valence-corrected chi connectivity index (χ4v) is 2.56. The minimum absolute atomic E-state index is 0.552. The van der Waals surface area contributed by atoms with Crippen molar-refractivity contribution < 1.29 is 4.74 Å². The molecule has 17 heavy (non-hydrogen) atoms.